The van der Waals surface area contributed by atoms with Crippen LogP contribution in [0.5, 0.6) is 23.0 Å². The molecule has 6 heteroatoms. The molecule has 0 fully saturated rings. The fraction of sp³-hybridized carbons (Fsp3) is 0.0182. The van der Waals surface area contributed by atoms with Crippen molar-refractivity contribution in [3.8, 4) is 101 Å². The molecule has 2 aliphatic heterocycles. The van der Waals surface area contributed by atoms with Crippen LogP contribution in [0.1, 0.15) is 44.5 Å². The minimum atomic E-state index is -0.727. The smallest absolute Gasteiger partial charge is 0.159 e. The molecule has 4 aliphatic rings. The highest BCUT2D eigenvalue weighted by molar-refractivity contribution is 7.25. The Bertz CT molecular complexity index is 7380. The summed E-state index contributed by atoms with van der Waals surface area (Å²) in [5.41, 5.74) is 32.1. The second-order valence-corrected chi connectivity index (χ2v) is 31.9. The van der Waals surface area contributed by atoms with Crippen LogP contribution in [0, 0.1) is 0 Å². The number of thiophene rings is 1. The maximum absolute atomic E-state index is 7.36. The summed E-state index contributed by atoms with van der Waals surface area (Å²) in [7, 11) is 0. The van der Waals surface area contributed by atoms with Crippen molar-refractivity contribution in [2.75, 3.05) is 9.80 Å². The highest BCUT2D eigenvalue weighted by Crippen LogP contribution is 2.65. The molecular weight excluding hydrogens is 1430 g/mol. The van der Waals surface area contributed by atoms with Crippen LogP contribution in [0.15, 0.2) is 417 Å². The first-order valence-electron chi connectivity index (χ1n) is 39.7. The van der Waals surface area contributed by atoms with Crippen molar-refractivity contribution in [1.29, 1.82) is 0 Å². The minimum Gasteiger partial charge on any atom is -0.457 e. The molecule has 2 aromatic heterocycles. The molecule has 4 heterocycles. The van der Waals surface area contributed by atoms with Crippen LogP contribution in [0.3, 0.4) is 0 Å². The Balaban J connectivity index is 0.608. The molecule has 0 N–H and O–H groups in total. The van der Waals surface area contributed by atoms with Crippen molar-refractivity contribution >= 4 is 87.6 Å². The maximum Gasteiger partial charge on any atom is 0.159 e. The van der Waals surface area contributed by atoms with Crippen LogP contribution in [-0.4, -0.2) is 0 Å². The lowest BCUT2D eigenvalue weighted by Crippen LogP contribution is -2.32. The van der Waals surface area contributed by atoms with Crippen LogP contribution >= 0.6 is 11.3 Å². The van der Waals surface area contributed by atoms with Gasteiger partial charge in [-0.15, -0.1) is 11.3 Å². The van der Waals surface area contributed by atoms with Crippen LogP contribution < -0.4 is 19.3 Å². The van der Waals surface area contributed by atoms with Gasteiger partial charge in [0.15, 0.2) is 5.58 Å². The Morgan fingerprint density at radius 2 is 0.638 bits per heavy atom. The van der Waals surface area contributed by atoms with Gasteiger partial charge >= 0.3 is 0 Å². The van der Waals surface area contributed by atoms with Gasteiger partial charge in [0.25, 0.3) is 0 Å². The number of ether oxygens (including phenoxy) is 2. The maximum atomic E-state index is 7.36. The lowest BCUT2D eigenvalue weighted by atomic mass is 9.65. The molecule has 0 bridgehead atoms. The lowest BCUT2D eigenvalue weighted by Gasteiger charge is -2.39. The molecule has 2 aliphatic carbocycles. The third-order valence-corrected chi connectivity index (χ3v) is 26.0. The van der Waals surface area contributed by atoms with Gasteiger partial charge in [-0.05, 0) is 222 Å². The van der Waals surface area contributed by atoms with E-state index in [0.29, 0.717) is 0 Å². The standard InChI is InChI=1S/C110H68N2O3S/c1-3-23-69(24-4-1)70-45-53-78(54-46-70)111(79-55-47-71(48-56-79)75-49-58-85-83-30-7-11-34-91(83)110(97(85)65-75)95-37-14-18-42-102(95)113-103-43-19-15-38-96(103)110)100-40-22-33-88-86-59-50-77(67-105(86)115-108(88)100)76-52-61-104-98(66-76)109(94-36-13-17-41-101(94)114-104)92-35-12-8-31-84(92)89-64-74(51-60-93(89)109)73-27-21-28-80(63-73)112(99-39-16-9-29-82(99)72-25-5-2-6-26-72)81-57-62-107-90(68-81)87-32-10-20-44-106(87)116-107/h1-68H. The van der Waals surface area contributed by atoms with Gasteiger partial charge in [0, 0.05) is 81.5 Å². The zero-order valence-corrected chi connectivity index (χ0v) is 63.6. The van der Waals surface area contributed by atoms with Crippen molar-refractivity contribution in [3.63, 3.8) is 0 Å². The van der Waals surface area contributed by atoms with Gasteiger partial charge in [-0.3, -0.25) is 0 Å². The summed E-state index contributed by atoms with van der Waals surface area (Å²) in [5, 5.41) is 4.60. The largest absolute Gasteiger partial charge is 0.457 e. The lowest BCUT2D eigenvalue weighted by molar-refractivity contribution is 0.436. The van der Waals surface area contributed by atoms with Gasteiger partial charge in [0.2, 0.25) is 0 Å². The second-order valence-electron chi connectivity index (χ2n) is 30.8. The zero-order valence-electron chi connectivity index (χ0n) is 62.8. The number of furan rings is 1. The van der Waals surface area contributed by atoms with Gasteiger partial charge in [-0.2, -0.15) is 0 Å². The molecule has 5 nitrogen and oxygen atoms in total. The fourth-order valence-corrected chi connectivity index (χ4v) is 20.8. The summed E-state index contributed by atoms with van der Waals surface area (Å²) < 4.78 is 23.7. The van der Waals surface area contributed by atoms with E-state index in [0.717, 1.165) is 157 Å². The number of hydrogen-bond acceptors (Lipinski definition) is 6. The summed E-state index contributed by atoms with van der Waals surface area (Å²) >= 11 is 1.85. The first kappa shape index (κ1) is 65.8. The SMILES string of the molecule is c1ccc(-c2ccc(N(c3ccc(-c4ccc5c(c4)C4(c6ccccc6Oc6ccccc64)c4ccccc4-5)cc3)c3cccc4c3oc3cc(-c5ccc6c(c5)C5(c7ccccc7O6)c6ccccc6-c6cc(-c7cccc(N(c8ccc9sc%10ccccc%10c9c8)c8ccccc8-c8ccccc8)c7)ccc65)ccc34)cc2)cc1. The molecule has 2 spiro atoms. The first-order chi connectivity index (χ1) is 57.5. The minimum absolute atomic E-state index is 0.576. The number of rotatable bonds is 11. The predicted octanol–water partition coefficient (Wildman–Crippen LogP) is 30.2. The van der Waals surface area contributed by atoms with Gasteiger partial charge in [-0.25, -0.2) is 0 Å². The molecule has 542 valence electrons. The van der Waals surface area contributed by atoms with E-state index in [1.54, 1.807) is 0 Å². The molecule has 1 unspecified atom stereocenters. The third kappa shape index (κ3) is 9.87. The Kier molecular flexibility index (Phi) is 14.7. The molecule has 20 aromatic rings. The Morgan fingerprint density at radius 1 is 0.207 bits per heavy atom. The monoisotopic (exact) mass is 1500 g/mol. The van der Waals surface area contributed by atoms with Crippen molar-refractivity contribution in [2.45, 2.75) is 10.8 Å². The summed E-state index contributed by atoms with van der Waals surface area (Å²) in [6.07, 6.45) is 0. The molecule has 0 saturated heterocycles. The highest BCUT2D eigenvalue weighted by Gasteiger charge is 2.53. The highest BCUT2D eigenvalue weighted by atomic mass is 32.1. The van der Waals surface area contributed by atoms with E-state index in [1.807, 2.05) is 11.3 Å². The van der Waals surface area contributed by atoms with Gasteiger partial charge in [0.1, 0.15) is 28.6 Å². The average Bonchev–Trinajstić information content (AvgIpc) is 1.50. The van der Waals surface area contributed by atoms with E-state index in [4.69, 9.17) is 13.9 Å². The predicted molar refractivity (Wildman–Crippen MR) is 478 cm³/mol. The van der Waals surface area contributed by atoms with Crippen molar-refractivity contribution in [3.05, 3.63) is 457 Å². The topological polar surface area (TPSA) is 38.1 Å². The van der Waals surface area contributed by atoms with Crippen LogP contribution in [0.25, 0.3) is 120 Å². The van der Waals surface area contributed by atoms with E-state index in [-0.39, 0.29) is 0 Å². The number of nitrogens with zero attached hydrogens (tertiary/aromatic N) is 2. The van der Waals surface area contributed by atoms with Gasteiger partial charge in [-0.1, -0.05) is 285 Å². The van der Waals surface area contributed by atoms with Crippen molar-refractivity contribution < 1.29 is 13.9 Å². The van der Waals surface area contributed by atoms with Crippen molar-refractivity contribution in [2.24, 2.45) is 0 Å². The number of anilines is 6. The van der Waals surface area contributed by atoms with Gasteiger partial charge in [0.05, 0.1) is 22.2 Å². The van der Waals surface area contributed by atoms with Gasteiger partial charge < -0.3 is 23.7 Å². The van der Waals surface area contributed by atoms with E-state index < -0.39 is 10.8 Å². The molecule has 24 rings (SSSR count). The number of fused-ring (bicyclic) bond motifs is 24. The average molecular weight is 1500 g/mol. The number of hydrogen-bond donors (Lipinski definition) is 0. The van der Waals surface area contributed by atoms with E-state index in [9.17, 15) is 0 Å². The Hall–Kier alpha value is -14.8. The molecule has 116 heavy (non-hydrogen) atoms. The summed E-state index contributed by atoms with van der Waals surface area (Å²) in [6, 6.07) is 151. The third-order valence-electron chi connectivity index (χ3n) is 24.8. The summed E-state index contributed by atoms with van der Waals surface area (Å²) in [4.78, 5) is 4.80. The molecular formula is C110H68N2O3S. The second kappa shape index (κ2) is 25.9. The molecule has 1 atom stereocenters. The summed E-state index contributed by atoms with van der Waals surface area (Å²) in [5.74, 6) is 3.44. The number of benzene rings is 18. The van der Waals surface area contributed by atoms with E-state index >= 15 is 0 Å². The normalized spacial score (nSPS) is 14.1. The van der Waals surface area contributed by atoms with Crippen molar-refractivity contribution in [1.82, 2.24) is 0 Å². The van der Waals surface area contributed by atoms with Crippen LogP contribution in [0.4, 0.5) is 34.1 Å². The van der Waals surface area contributed by atoms with E-state index in [2.05, 4.69) is 422 Å². The Morgan fingerprint density at radius 3 is 1.35 bits per heavy atom. The zero-order chi connectivity index (χ0) is 76.2. The molecule has 0 radical (unpaired) electrons. The fourth-order valence-electron chi connectivity index (χ4n) is 19.7. The van der Waals surface area contributed by atoms with Crippen LogP contribution in [-0.2, 0) is 10.8 Å². The molecule has 0 amide bonds. The number of para-hydroxylation sites is 5. The molecule has 0 saturated carbocycles. The Labute approximate surface area is 675 Å². The first-order valence-corrected chi connectivity index (χ1v) is 40.6. The summed E-state index contributed by atoms with van der Waals surface area (Å²) in [6.45, 7) is 0. The van der Waals surface area contributed by atoms with E-state index in [1.165, 1.54) is 64.7 Å². The van der Waals surface area contributed by atoms with Crippen LogP contribution in [0.2, 0.25) is 0 Å². The molecule has 18 aromatic carbocycles. The quantitative estimate of drug-likeness (QED) is 0.129.